The van der Waals surface area contributed by atoms with Gasteiger partial charge in [-0.25, -0.2) is 9.98 Å². The molecule has 2 aromatic carbocycles. The van der Waals surface area contributed by atoms with Gasteiger partial charge in [-0.15, -0.1) is 11.3 Å². The van der Waals surface area contributed by atoms with Crippen LogP contribution in [0.15, 0.2) is 65.0 Å². The smallest absolute Gasteiger partial charge is 0.141 e. The quantitative estimate of drug-likeness (QED) is 0.289. The second-order valence-corrected chi connectivity index (χ2v) is 9.78. The van der Waals surface area contributed by atoms with E-state index in [9.17, 15) is 0 Å². The number of fused-ring (bicyclic) bond motifs is 1. The van der Waals surface area contributed by atoms with Crippen molar-refractivity contribution in [3.05, 3.63) is 76.2 Å². The number of benzene rings is 2. The summed E-state index contributed by atoms with van der Waals surface area (Å²) in [5.41, 5.74) is 10.4. The summed E-state index contributed by atoms with van der Waals surface area (Å²) in [6.07, 6.45) is 3.04. The summed E-state index contributed by atoms with van der Waals surface area (Å²) in [6.45, 7) is 4.89. The first-order valence-corrected chi connectivity index (χ1v) is 12.8. The number of thiophene rings is 1. The maximum atomic E-state index is 6.24. The van der Waals surface area contributed by atoms with Gasteiger partial charge in [0.05, 0.1) is 28.2 Å². The van der Waals surface area contributed by atoms with Crippen LogP contribution >= 0.6 is 11.3 Å². The van der Waals surface area contributed by atoms with Crippen LogP contribution in [0.2, 0.25) is 0 Å². The third-order valence-corrected chi connectivity index (χ3v) is 7.31. The predicted molar refractivity (Wildman–Crippen MR) is 141 cm³/mol. The van der Waals surface area contributed by atoms with Crippen LogP contribution in [0.1, 0.15) is 42.1 Å². The van der Waals surface area contributed by atoms with E-state index in [1.807, 2.05) is 36.6 Å². The van der Waals surface area contributed by atoms with Crippen molar-refractivity contribution < 1.29 is 4.74 Å². The van der Waals surface area contributed by atoms with E-state index >= 15 is 0 Å². The van der Waals surface area contributed by atoms with Crippen molar-refractivity contribution >= 4 is 33.9 Å². The Kier molecular flexibility index (Phi) is 6.65. The molecule has 34 heavy (non-hydrogen) atoms. The van der Waals surface area contributed by atoms with Crippen LogP contribution < -0.4 is 10.5 Å². The summed E-state index contributed by atoms with van der Waals surface area (Å²) < 4.78 is 8.08. The molecule has 0 bridgehead atoms. The Hall–Kier alpha value is -3.16. The normalized spacial score (nSPS) is 15.8. The molecule has 1 aliphatic rings. The Morgan fingerprint density at radius 3 is 2.65 bits per heavy atom. The minimum atomic E-state index is 0.449. The highest BCUT2D eigenvalue weighted by atomic mass is 32.1. The fourth-order valence-corrected chi connectivity index (χ4v) is 5.29. The molecule has 2 aromatic heterocycles. The molecule has 1 saturated heterocycles. The van der Waals surface area contributed by atoms with E-state index in [4.69, 9.17) is 15.5 Å². The average molecular weight is 474 g/mol. The first-order chi connectivity index (χ1) is 16.6. The van der Waals surface area contributed by atoms with Crippen molar-refractivity contribution in [1.29, 1.82) is 0 Å². The van der Waals surface area contributed by atoms with Crippen LogP contribution in [0.3, 0.4) is 0 Å². The van der Waals surface area contributed by atoms with Crippen LogP contribution in [-0.4, -0.2) is 47.0 Å². The standard InChI is InChI=1S/C27H31N5OS/c1-3-33-22-9-6-19(7-10-22)17-26-30-23-18-20(29-27(28)25-5-4-16-34-25)8-11-24(23)32(26)21-12-14-31(2)15-13-21/h4-11,16,18,21H,3,12-15,17H2,1-2H3,(H2,28,29). The summed E-state index contributed by atoms with van der Waals surface area (Å²) in [7, 11) is 2.20. The van der Waals surface area contributed by atoms with Gasteiger partial charge >= 0.3 is 0 Å². The molecule has 7 heteroatoms. The second kappa shape index (κ2) is 9.99. The van der Waals surface area contributed by atoms with Gasteiger partial charge in [-0.2, -0.15) is 0 Å². The number of likely N-dealkylation sites (tertiary alicyclic amines) is 1. The molecule has 0 amide bonds. The van der Waals surface area contributed by atoms with E-state index in [-0.39, 0.29) is 0 Å². The van der Waals surface area contributed by atoms with Crippen LogP contribution in [0.4, 0.5) is 5.69 Å². The van der Waals surface area contributed by atoms with Gasteiger partial charge in [-0.1, -0.05) is 18.2 Å². The molecular formula is C27H31N5OS. The van der Waals surface area contributed by atoms with Crippen LogP contribution in [0, 0.1) is 0 Å². The Morgan fingerprint density at radius 1 is 1.15 bits per heavy atom. The Balaban J connectivity index is 1.51. The number of hydrogen-bond acceptors (Lipinski definition) is 5. The zero-order valence-electron chi connectivity index (χ0n) is 19.8. The lowest BCUT2D eigenvalue weighted by Crippen LogP contribution is -2.32. The fourth-order valence-electron chi connectivity index (χ4n) is 4.66. The number of hydrogen-bond donors (Lipinski definition) is 1. The topological polar surface area (TPSA) is 68.7 Å². The van der Waals surface area contributed by atoms with Crippen molar-refractivity contribution in [2.45, 2.75) is 32.2 Å². The molecule has 0 unspecified atom stereocenters. The first kappa shape index (κ1) is 22.6. The minimum Gasteiger partial charge on any atom is -0.494 e. The van der Waals surface area contributed by atoms with E-state index in [0.29, 0.717) is 18.5 Å². The molecule has 2 N–H and O–H groups in total. The molecule has 0 spiro atoms. The fraction of sp³-hybridized carbons (Fsp3) is 0.333. The summed E-state index contributed by atoms with van der Waals surface area (Å²) in [4.78, 5) is 13.1. The van der Waals surface area contributed by atoms with Crippen molar-refractivity contribution in [3.8, 4) is 5.75 Å². The molecule has 176 valence electrons. The monoisotopic (exact) mass is 473 g/mol. The molecule has 3 heterocycles. The summed E-state index contributed by atoms with van der Waals surface area (Å²) in [5.74, 6) is 2.54. The van der Waals surface area contributed by atoms with Gasteiger partial charge in [0.25, 0.3) is 0 Å². The molecule has 0 atom stereocenters. The lowest BCUT2D eigenvalue weighted by molar-refractivity contribution is 0.222. The summed E-state index contributed by atoms with van der Waals surface area (Å²) in [6, 6.07) is 19.1. The third kappa shape index (κ3) is 4.86. The largest absolute Gasteiger partial charge is 0.494 e. The van der Waals surface area contributed by atoms with Crippen LogP contribution in [0.25, 0.3) is 11.0 Å². The predicted octanol–water partition coefficient (Wildman–Crippen LogP) is 5.39. The van der Waals surface area contributed by atoms with Gasteiger partial charge in [0.1, 0.15) is 17.4 Å². The van der Waals surface area contributed by atoms with E-state index < -0.39 is 0 Å². The molecule has 4 aromatic rings. The Bertz CT molecular complexity index is 1270. The lowest BCUT2D eigenvalue weighted by atomic mass is 10.0. The maximum Gasteiger partial charge on any atom is 0.141 e. The van der Waals surface area contributed by atoms with E-state index in [1.165, 1.54) is 11.1 Å². The lowest BCUT2D eigenvalue weighted by Gasteiger charge is -2.31. The number of imidazole rings is 1. The molecule has 1 aliphatic heterocycles. The molecule has 0 saturated carbocycles. The number of piperidine rings is 1. The number of aromatic nitrogens is 2. The molecule has 5 rings (SSSR count). The van der Waals surface area contributed by atoms with Crippen molar-refractivity contribution in [1.82, 2.24) is 14.5 Å². The first-order valence-electron chi connectivity index (χ1n) is 11.9. The third-order valence-electron chi connectivity index (χ3n) is 6.42. The van der Waals surface area contributed by atoms with Crippen molar-refractivity contribution in [2.24, 2.45) is 10.7 Å². The Morgan fingerprint density at radius 2 is 1.94 bits per heavy atom. The zero-order valence-corrected chi connectivity index (χ0v) is 20.6. The number of amidine groups is 1. The number of nitrogens with two attached hydrogens (primary N) is 1. The van der Waals surface area contributed by atoms with Crippen molar-refractivity contribution in [3.63, 3.8) is 0 Å². The molecule has 6 nitrogen and oxygen atoms in total. The SMILES string of the molecule is CCOc1ccc(Cc2nc3cc(N=C(N)c4cccs4)ccc3n2C2CCN(C)CC2)cc1. The van der Waals surface area contributed by atoms with Crippen molar-refractivity contribution in [2.75, 3.05) is 26.7 Å². The average Bonchev–Trinajstić information content (AvgIpc) is 3.49. The number of nitrogens with zero attached hydrogens (tertiary/aromatic N) is 4. The van der Waals surface area contributed by atoms with E-state index in [2.05, 4.69) is 51.8 Å². The van der Waals surface area contributed by atoms with E-state index in [0.717, 1.165) is 60.0 Å². The maximum absolute atomic E-state index is 6.24. The molecule has 0 aliphatic carbocycles. The highest BCUT2D eigenvalue weighted by Gasteiger charge is 2.23. The molecule has 0 radical (unpaired) electrons. The number of rotatable bonds is 7. The van der Waals surface area contributed by atoms with Gasteiger partial charge in [0.2, 0.25) is 0 Å². The second-order valence-electron chi connectivity index (χ2n) is 8.83. The van der Waals surface area contributed by atoms with Gasteiger partial charge in [-0.05, 0) is 87.2 Å². The van der Waals surface area contributed by atoms with Crippen LogP contribution in [-0.2, 0) is 6.42 Å². The number of ether oxygens (including phenoxy) is 1. The minimum absolute atomic E-state index is 0.449. The van der Waals surface area contributed by atoms with Gasteiger partial charge in [-0.3, -0.25) is 0 Å². The number of aliphatic imine (C=N–C) groups is 1. The van der Waals surface area contributed by atoms with Gasteiger partial charge in [0.15, 0.2) is 0 Å². The molecule has 1 fully saturated rings. The summed E-state index contributed by atoms with van der Waals surface area (Å²) >= 11 is 1.60. The molecular weight excluding hydrogens is 442 g/mol. The Labute approximate surface area is 204 Å². The zero-order chi connectivity index (χ0) is 23.5. The summed E-state index contributed by atoms with van der Waals surface area (Å²) in [5, 5.41) is 2.01. The van der Waals surface area contributed by atoms with Gasteiger partial charge in [0, 0.05) is 12.5 Å². The van der Waals surface area contributed by atoms with Gasteiger partial charge < -0.3 is 19.9 Å². The van der Waals surface area contributed by atoms with E-state index in [1.54, 1.807) is 11.3 Å². The van der Waals surface area contributed by atoms with Crippen LogP contribution in [0.5, 0.6) is 5.75 Å². The highest BCUT2D eigenvalue weighted by Crippen LogP contribution is 2.31. The highest BCUT2D eigenvalue weighted by molar-refractivity contribution is 7.12.